The molecule has 1 heterocycles. The van der Waals surface area contributed by atoms with E-state index in [1.54, 1.807) is 12.1 Å². The number of aryl methyl sites for hydroxylation is 1. The molecule has 3 aromatic rings. The van der Waals surface area contributed by atoms with Crippen LogP contribution in [0, 0.1) is 6.92 Å². The molecular formula is C21H20N2O6. The van der Waals surface area contributed by atoms with Crippen molar-refractivity contribution >= 4 is 22.7 Å². The van der Waals surface area contributed by atoms with Crippen LogP contribution in [0.1, 0.15) is 5.69 Å². The van der Waals surface area contributed by atoms with Gasteiger partial charge in [-0.2, -0.15) is 4.98 Å². The number of aromatic nitrogens is 2. The van der Waals surface area contributed by atoms with Crippen molar-refractivity contribution in [1.29, 1.82) is 0 Å². The number of esters is 2. The van der Waals surface area contributed by atoms with E-state index in [1.807, 2.05) is 37.3 Å². The SMILES string of the molecule is COC(=O)COc1ccc2cc(-c3nc(C)cc(OCC(=O)OC)n3)ccc2c1. The molecule has 1 aromatic heterocycles. The molecule has 150 valence electrons. The highest BCUT2D eigenvalue weighted by Crippen LogP contribution is 2.26. The molecule has 0 atom stereocenters. The molecule has 0 radical (unpaired) electrons. The van der Waals surface area contributed by atoms with E-state index in [1.165, 1.54) is 14.2 Å². The molecule has 0 N–H and O–H groups in total. The zero-order valence-electron chi connectivity index (χ0n) is 16.3. The molecule has 0 bridgehead atoms. The lowest BCUT2D eigenvalue weighted by Gasteiger charge is -2.09. The topological polar surface area (TPSA) is 96.8 Å². The Morgan fingerprint density at radius 1 is 0.828 bits per heavy atom. The number of rotatable bonds is 7. The van der Waals surface area contributed by atoms with E-state index in [4.69, 9.17) is 9.47 Å². The summed E-state index contributed by atoms with van der Waals surface area (Å²) in [6, 6.07) is 12.9. The molecule has 0 amide bonds. The van der Waals surface area contributed by atoms with E-state index >= 15 is 0 Å². The Labute approximate surface area is 167 Å². The summed E-state index contributed by atoms with van der Waals surface area (Å²) in [5.74, 6) is 0.421. The maximum atomic E-state index is 11.3. The predicted molar refractivity (Wildman–Crippen MR) is 105 cm³/mol. The number of hydrogen-bond acceptors (Lipinski definition) is 8. The Kier molecular flexibility index (Phi) is 6.23. The lowest BCUT2D eigenvalue weighted by Crippen LogP contribution is -2.13. The number of ether oxygens (including phenoxy) is 4. The van der Waals surface area contributed by atoms with E-state index < -0.39 is 11.9 Å². The van der Waals surface area contributed by atoms with Crippen LogP contribution in [0.5, 0.6) is 11.6 Å². The number of hydrogen-bond donors (Lipinski definition) is 0. The second-order valence-electron chi connectivity index (χ2n) is 6.12. The van der Waals surface area contributed by atoms with Gasteiger partial charge < -0.3 is 18.9 Å². The predicted octanol–water partition coefficient (Wildman–Crippen LogP) is 2.71. The smallest absolute Gasteiger partial charge is 0.343 e. The van der Waals surface area contributed by atoms with E-state index in [9.17, 15) is 9.59 Å². The van der Waals surface area contributed by atoms with Gasteiger partial charge in [-0.3, -0.25) is 0 Å². The number of nitrogens with zero attached hydrogens (tertiary/aromatic N) is 2. The molecule has 2 aromatic carbocycles. The molecule has 0 saturated heterocycles. The van der Waals surface area contributed by atoms with Crippen molar-refractivity contribution in [3.05, 3.63) is 48.2 Å². The Bertz CT molecular complexity index is 1050. The van der Waals surface area contributed by atoms with Crippen LogP contribution in [0.25, 0.3) is 22.2 Å². The van der Waals surface area contributed by atoms with Crippen molar-refractivity contribution in [1.82, 2.24) is 9.97 Å². The standard InChI is InChI=1S/C21H20N2O6/c1-13-8-18(29-12-20(25)27-3)23-21(22-13)16-5-4-15-10-17(7-6-14(15)9-16)28-11-19(24)26-2/h4-10H,11-12H2,1-3H3. The first-order valence-corrected chi connectivity index (χ1v) is 8.77. The summed E-state index contributed by atoms with van der Waals surface area (Å²) in [5.41, 5.74) is 1.51. The third-order valence-corrected chi connectivity index (χ3v) is 4.05. The summed E-state index contributed by atoms with van der Waals surface area (Å²) in [6.07, 6.45) is 0. The van der Waals surface area contributed by atoms with Gasteiger partial charge in [-0.25, -0.2) is 14.6 Å². The van der Waals surface area contributed by atoms with Crippen molar-refractivity contribution in [3.8, 4) is 23.0 Å². The van der Waals surface area contributed by atoms with Gasteiger partial charge in [-0.1, -0.05) is 18.2 Å². The Balaban J connectivity index is 1.83. The minimum absolute atomic E-state index is 0.147. The molecule has 0 fully saturated rings. The first-order chi connectivity index (χ1) is 14.0. The van der Waals surface area contributed by atoms with Gasteiger partial charge in [-0.05, 0) is 35.9 Å². The minimum atomic E-state index is -0.487. The molecule has 29 heavy (non-hydrogen) atoms. The zero-order valence-corrected chi connectivity index (χ0v) is 16.3. The summed E-state index contributed by atoms with van der Waals surface area (Å²) in [4.78, 5) is 31.3. The van der Waals surface area contributed by atoms with Gasteiger partial charge in [0.2, 0.25) is 5.88 Å². The van der Waals surface area contributed by atoms with Crippen LogP contribution in [0.15, 0.2) is 42.5 Å². The number of benzene rings is 2. The van der Waals surface area contributed by atoms with Crippen LogP contribution in [0.4, 0.5) is 0 Å². The van der Waals surface area contributed by atoms with Crippen molar-refractivity contribution in [2.24, 2.45) is 0 Å². The normalized spacial score (nSPS) is 10.4. The highest BCUT2D eigenvalue weighted by Gasteiger charge is 2.10. The summed E-state index contributed by atoms with van der Waals surface area (Å²) < 4.78 is 19.9. The van der Waals surface area contributed by atoms with Crippen LogP contribution in [-0.4, -0.2) is 49.3 Å². The molecule has 0 aliphatic heterocycles. The zero-order chi connectivity index (χ0) is 20.8. The lowest BCUT2D eigenvalue weighted by atomic mass is 10.1. The van der Waals surface area contributed by atoms with E-state index in [0.29, 0.717) is 23.1 Å². The number of methoxy groups -OCH3 is 2. The number of carbonyl (C=O) groups is 2. The van der Waals surface area contributed by atoms with E-state index in [0.717, 1.165) is 16.3 Å². The molecule has 0 unspecified atom stereocenters. The fourth-order valence-electron chi connectivity index (χ4n) is 2.59. The number of fused-ring (bicyclic) bond motifs is 1. The fraction of sp³-hybridized carbons (Fsp3) is 0.238. The average molecular weight is 396 g/mol. The summed E-state index contributed by atoms with van der Waals surface area (Å²) in [7, 11) is 2.61. The van der Waals surface area contributed by atoms with Crippen LogP contribution in [0.2, 0.25) is 0 Å². The maximum absolute atomic E-state index is 11.3. The van der Waals surface area contributed by atoms with Crippen LogP contribution >= 0.6 is 0 Å². The molecule has 0 saturated carbocycles. The number of carbonyl (C=O) groups excluding carboxylic acids is 2. The second-order valence-corrected chi connectivity index (χ2v) is 6.12. The Hall–Kier alpha value is -3.68. The van der Waals surface area contributed by atoms with Crippen molar-refractivity contribution in [3.63, 3.8) is 0 Å². The molecule has 0 aliphatic rings. The van der Waals surface area contributed by atoms with Gasteiger partial charge in [0.1, 0.15) is 5.75 Å². The van der Waals surface area contributed by atoms with Crippen LogP contribution in [0.3, 0.4) is 0 Å². The monoisotopic (exact) mass is 396 g/mol. The van der Waals surface area contributed by atoms with Crippen LogP contribution < -0.4 is 9.47 Å². The van der Waals surface area contributed by atoms with E-state index in [-0.39, 0.29) is 13.2 Å². The van der Waals surface area contributed by atoms with Crippen molar-refractivity contribution in [2.75, 3.05) is 27.4 Å². The average Bonchev–Trinajstić information content (AvgIpc) is 2.74. The molecular weight excluding hydrogens is 376 g/mol. The van der Waals surface area contributed by atoms with E-state index in [2.05, 4.69) is 19.4 Å². The Morgan fingerprint density at radius 2 is 1.48 bits per heavy atom. The largest absolute Gasteiger partial charge is 0.482 e. The third kappa shape index (κ3) is 5.19. The summed E-state index contributed by atoms with van der Waals surface area (Å²) >= 11 is 0. The van der Waals surface area contributed by atoms with Gasteiger partial charge in [0, 0.05) is 17.3 Å². The van der Waals surface area contributed by atoms with Gasteiger partial charge in [-0.15, -0.1) is 0 Å². The fourth-order valence-corrected chi connectivity index (χ4v) is 2.59. The van der Waals surface area contributed by atoms with Crippen LogP contribution in [-0.2, 0) is 19.1 Å². The third-order valence-electron chi connectivity index (χ3n) is 4.05. The van der Waals surface area contributed by atoms with Crippen molar-refractivity contribution in [2.45, 2.75) is 6.92 Å². The first-order valence-electron chi connectivity index (χ1n) is 8.77. The highest BCUT2D eigenvalue weighted by atomic mass is 16.6. The highest BCUT2D eigenvalue weighted by molar-refractivity contribution is 5.87. The molecule has 8 nitrogen and oxygen atoms in total. The van der Waals surface area contributed by atoms with Gasteiger partial charge in [0.25, 0.3) is 0 Å². The summed E-state index contributed by atoms with van der Waals surface area (Å²) in [6.45, 7) is 1.45. The minimum Gasteiger partial charge on any atom is -0.482 e. The molecule has 3 rings (SSSR count). The molecule has 8 heteroatoms. The first kappa shape index (κ1) is 20.1. The molecule has 0 spiro atoms. The lowest BCUT2D eigenvalue weighted by molar-refractivity contribution is -0.143. The van der Waals surface area contributed by atoms with Gasteiger partial charge in [0.15, 0.2) is 19.0 Å². The van der Waals surface area contributed by atoms with Crippen molar-refractivity contribution < 1.29 is 28.5 Å². The summed E-state index contributed by atoms with van der Waals surface area (Å²) in [5, 5.41) is 1.89. The quantitative estimate of drug-likeness (QED) is 0.563. The van der Waals surface area contributed by atoms with Gasteiger partial charge >= 0.3 is 11.9 Å². The maximum Gasteiger partial charge on any atom is 0.343 e. The Morgan fingerprint density at radius 3 is 2.21 bits per heavy atom. The second kappa shape index (κ2) is 9.01. The molecule has 0 aliphatic carbocycles. The van der Waals surface area contributed by atoms with Gasteiger partial charge in [0.05, 0.1) is 14.2 Å².